The molecule has 0 aliphatic rings. The van der Waals surface area contributed by atoms with Crippen molar-refractivity contribution in [2.75, 3.05) is 19.5 Å². The van der Waals surface area contributed by atoms with Crippen molar-refractivity contribution in [3.05, 3.63) is 29.8 Å². The van der Waals surface area contributed by atoms with Crippen LogP contribution in [0.25, 0.3) is 10.9 Å². The van der Waals surface area contributed by atoms with Crippen LogP contribution in [0.5, 0.6) is 0 Å². The predicted octanol–water partition coefficient (Wildman–Crippen LogP) is 1.94. The van der Waals surface area contributed by atoms with Crippen molar-refractivity contribution >= 4 is 16.7 Å². The van der Waals surface area contributed by atoms with Crippen molar-refractivity contribution in [1.29, 1.82) is 0 Å². The standard InChI is InChI=1S/C11H14N2O/c1-14-7-6-9-8-4-2-3-5-10(8)13-11(9)12/h2-5,13H,6-7,12H2,1H3. The van der Waals surface area contributed by atoms with E-state index in [9.17, 15) is 0 Å². The van der Waals surface area contributed by atoms with Gasteiger partial charge in [-0.2, -0.15) is 0 Å². The molecule has 2 aromatic rings. The molecular formula is C11H14N2O. The summed E-state index contributed by atoms with van der Waals surface area (Å²) in [5, 5.41) is 1.20. The molecule has 3 heteroatoms. The average Bonchev–Trinajstić information content (AvgIpc) is 2.51. The van der Waals surface area contributed by atoms with Crippen LogP contribution >= 0.6 is 0 Å². The number of benzene rings is 1. The maximum Gasteiger partial charge on any atom is 0.105 e. The van der Waals surface area contributed by atoms with Gasteiger partial charge in [0.05, 0.1) is 6.61 Å². The smallest absolute Gasteiger partial charge is 0.105 e. The molecule has 0 saturated carbocycles. The first kappa shape index (κ1) is 9.09. The third-order valence-electron chi connectivity index (χ3n) is 2.40. The summed E-state index contributed by atoms with van der Waals surface area (Å²) in [4.78, 5) is 3.16. The Bertz CT molecular complexity index is 434. The average molecular weight is 190 g/mol. The monoisotopic (exact) mass is 190 g/mol. The number of para-hydroxylation sites is 1. The topological polar surface area (TPSA) is 51.0 Å². The molecule has 14 heavy (non-hydrogen) atoms. The van der Waals surface area contributed by atoms with Gasteiger partial charge in [0.1, 0.15) is 5.82 Å². The Morgan fingerprint density at radius 1 is 1.36 bits per heavy atom. The predicted molar refractivity (Wildman–Crippen MR) is 58.3 cm³/mol. The van der Waals surface area contributed by atoms with Crippen LogP contribution in [0.2, 0.25) is 0 Å². The van der Waals surface area contributed by atoms with E-state index in [0.717, 1.165) is 23.3 Å². The fourth-order valence-corrected chi connectivity index (χ4v) is 1.69. The third kappa shape index (κ3) is 1.46. The fraction of sp³-hybridized carbons (Fsp3) is 0.273. The SMILES string of the molecule is COCCc1c(N)[nH]c2ccccc12. The van der Waals surface area contributed by atoms with Gasteiger partial charge < -0.3 is 15.5 Å². The number of H-pyrrole nitrogens is 1. The summed E-state index contributed by atoms with van der Waals surface area (Å²) in [6.07, 6.45) is 0.854. The van der Waals surface area contributed by atoms with Gasteiger partial charge in [0.25, 0.3) is 0 Å². The highest BCUT2D eigenvalue weighted by atomic mass is 16.5. The highest BCUT2D eigenvalue weighted by molar-refractivity contribution is 5.88. The summed E-state index contributed by atoms with van der Waals surface area (Å²) in [6.45, 7) is 0.700. The molecule has 0 spiro atoms. The van der Waals surface area contributed by atoms with E-state index in [2.05, 4.69) is 11.1 Å². The number of rotatable bonds is 3. The zero-order valence-electron chi connectivity index (χ0n) is 8.21. The first-order valence-corrected chi connectivity index (χ1v) is 4.67. The van der Waals surface area contributed by atoms with Crippen LogP contribution in [0.3, 0.4) is 0 Å². The highest BCUT2D eigenvalue weighted by Crippen LogP contribution is 2.24. The van der Waals surface area contributed by atoms with Crippen LogP contribution in [0.4, 0.5) is 5.82 Å². The number of hydrogen-bond acceptors (Lipinski definition) is 2. The maximum absolute atomic E-state index is 5.88. The molecule has 0 bridgehead atoms. The number of hydrogen-bond donors (Lipinski definition) is 2. The molecule has 3 N–H and O–H groups in total. The fourth-order valence-electron chi connectivity index (χ4n) is 1.69. The molecule has 3 nitrogen and oxygen atoms in total. The Morgan fingerprint density at radius 2 is 2.14 bits per heavy atom. The lowest BCUT2D eigenvalue weighted by Gasteiger charge is -1.99. The molecule has 74 valence electrons. The van der Waals surface area contributed by atoms with Gasteiger partial charge in [-0.05, 0) is 12.5 Å². The molecule has 0 saturated heterocycles. The lowest BCUT2D eigenvalue weighted by atomic mass is 10.1. The third-order valence-corrected chi connectivity index (χ3v) is 2.40. The summed E-state index contributed by atoms with van der Waals surface area (Å²) < 4.78 is 5.05. The zero-order valence-corrected chi connectivity index (χ0v) is 8.21. The molecule has 0 radical (unpaired) electrons. The van der Waals surface area contributed by atoms with Crippen molar-refractivity contribution in [3.8, 4) is 0 Å². The summed E-state index contributed by atoms with van der Waals surface area (Å²) >= 11 is 0. The lowest BCUT2D eigenvalue weighted by Crippen LogP contribution is -1.97. The molecule has 0 aliphatic carbocycles. The van der Waals surface area contributed by atoms with Gasteiger partial charge in [0, 0.05) is 23.6 Å². The number of nitrogens with two attached hydrogens (primary N) is 1. The number of nitrogens with one attached hydrogen (secondary N) is 1. The molecular weight excluding hydrogens is 176 g/mol. The Kier molecular flexibility index (Phi) is 2.41. The van der Waals surface area contributed by atoms with E-state index < -0.39 is 0 Å². The van der Waals surface area contributed by atoms with Crippen molar-refractivity contribution in [2.45, 2.75) is 6.42 Å². The van der Waals surface area contributed by atoms with E-state index in [1.165, 1.54) is 5.39 Å². The molecule has 0 aliphatic heterocycles. The van der Waals surface area contributed by atoms with E-state index >= 15 is 0 Å². The van der Waals surface area contributed by atoms with E-state index in [1.807, 2.05) is 18.2 Å². The van der Waals surface area contributed by atoms with Gasteiger partial charge >= 0.3 is 0 Å². The molecule has 0 atom stereocenters. The minimum Gasteiger partial charge on any atom is -0.385 e. The minimum atomic E-state index is 0.700. The van der Waals surface area contributed by atoms with E-state index in [-0.39, 0.29) is 0 Å². The van der Waals surface area contributed by atoms with E-state index in [0.29, 0.717) is 6.61 Å². The van der Waals surface area contributed by atoms with E-state index in [1.54, 1.807) is 7.11 Å². The second-order valence-corrected chi connectivity index (χ2v) is 3.31. The normalized spacial score (nSPS) is 10.9. The number of aromatic amines is 1. The number of aromatic nitrogens is 1. The number of methoxy groups -OCH3 is 1. The van der Waals surface area contributed by atoms with Crippen molar-refractivity contribution < 1.29 is 4.74 Å². The summed E-state index contributed by atoms with van der Waals surface area (Å²) in [5.74, 6) is 0.753. The van der Waals surface area contributed by atoms with Gasteiger partial charge in [0.2, 0.25) is 0 Å². The largest absolute Gasteiger partial charge is 0.385 e. The zero-order chi connectivity index (χ0) is 9.97. The van der Waals surface area contributed by atoms with Gasteiger partial charge in [-0.15, -0.1) is 0 Å². The highest BCUT2D eigenvalue weighted by Gasteiger charge is 2.07. The van der Waals surface area contributed by atoms with Crippen LogP contribution in [0.1, 0.15) is 5.56 Å². The maximum atomic E-state index is 5.88. The lowest BCUT2D eigenvalue weighted by molar-refractivity contribution is 0.202. The van der Waals surface area contributed by atoms with Crippen molar-refractivity contribution in [1.82, 2.24) is 4.98 Å². The van der Waals surface area contributed by atoms with Crippen LogP contribution in [-0.2, 0) is 11.2 Å². The minimum absolute atomic E-state index is 0.700. The van der Waals surface area contributed by atoms with Gasteiger partial charge in [-0.3, -0.25) is 0 Å². The van der Waals surface area contributed by atoms with Gasteiger partial charge in [-0.1, -0.05) is 18.2 Å². The number of nitrogen functional groups attached to an aromatic ring is 1. The first-order valence-electron chi connectivity index (χ1n) is 4.67. The molecule has 2 rings (SSSR count). The summed E-state index contributed by atoms with van der Waals surface area (Å²) in [7, 11) is 1.70. The Balaban J connectivity index is 2.45. The molecule has 0 fully saturated rings. The van der Waals surface area contributed by atoms with Crippen LogP contribution < -0.4 is 5.73 Å². The summed E-state index contributed by atoms with van der Waals surface area (Å²) in [6, 6.07) is 8.12. The second kappa shape index (κ2) is 3.72. The second-order valence-electron chi connectivity index (χ2n) is 3.31. The van der Waals surface area contributed by atoms with Crippen LogP contribution in [0.15, 0.2) is 24.3 Å². The van der Waals surface area contributed by atoms with E-state index in [4.69, 9.17) is 10.5 Å². The molecule has 1 heterocycles. The molecule has 0 unspecified atom stereocenters. The molecule has 1 aromatic heterocycles. The van der Waals surface area contributed by atoms with Crippen LogP contribution in [-0.4, -0.2) is 18.7 Å². The van der Waals surface area contributed by atoms with Crippen molar-refractivity contribution in [3.63, 3.8) is 0 Å². The Morgan fingerprint density at radius 3 is 2.93 bits per heavy atom. The first-order chi connectivity index (χ1) is 6.83. The molecule has 0 amide bonds. The quantitative estimate of drug-likeness (QED) is 0.777. The number of fused-ring (bicyclic) bond motifs is 1. The Labute approximate surface area is 82.9 Å². The molecule has 1 aromatic carbocycles. The Hall–Kier alpha value is -1.48. The van der Waals surface area contributed by atoms with Gasteiger partial charge in [0.15, 0.2) is 0 Å². The summed E-state index contributed by atoms with van der Waals surface area (Å²) in [5.41, 5.74) is 8.13. The van der Waals surface area contributed by atoms with Crippen LogP contribution in [0, 0.1) is 0 Å². The van der Waals surface area contributed by atoms with Crippen molar-refractivity contribution in [2.24, 2.45) is 0 Å². The van der Waals surface area contributed by atoms with Gasteiger partial charge in [-0.25, -0.2) is 0 Å². The number of anilines is 1. The number of ether oxygens (including phenoxy) is 1.